The van der Waals surface area contributed by atoms with Crippen LogP contribution in [0.2, 0.25) is 5.02 Å². The van der Waals surface area contributed by atoms with Crippen LogP contribution in [-0.4, -0.2) is 115 Å². The van der Waals surface area contributed by atoms with Crippen molar-refractivity contribution in [3.63, 3.8) is 0 Å². The molecule has 0 bridgehead atoms. The highest BCUT2D eigenvalue weighted by molar-refractivity contribution is 6.31. The normalized spacial score (nSPS) is 10.9. The van der Waals surface area contributed by atoms with Gasteiger partial charge in [-0.25, -0.2) is 19.6 Å². The van der Waals surface area contributed by atoms with Gasteiger partial charge in [0.05, 0.1) is 75.7 Å². The Hall–Kier alpha value is -5.88. The van der Waals surface area contributed by atoms with Gasteiger partial charge >= 0.3 is 0 Å². The number of aromatic hydroxyl groups is 1. The van der Waals surface area contributed by atoms with Crippen LogP contribution in [0.15, 0.2) is 77.9 Å². The van der Waals surface area contributed by atoms with Crippen molar-refractivity contribution in [1.82, 2.24) is 29.3 Å². The Labute approximate surface area is 347 Å². The summed E-state index contributed by atoms with van der Waals surface area (Å²) in [5, 5.41) is 16.4. The van der Waals surface area contributed by atoms with Gasteiger partial charge in [0.2, 0.25) is 0 Å². The van der Waals surface area contributed by atoms with Crippen molar-refractivity contribution >= 4 is 39.4 Å². The molecule has 0 amide bonds. The molecule has 16 heteroatoms. The first kappa shape index (κ1) is 44.2. The lowest BCUT2D eigenvalue weighted by molar-refractivity contribution is 0.0324. The lowest BCUT2D eigenvalue weighted by atomic mass is 10.1. The fraction of sp³-hybridized carbons (Fsp3) is 0.326. The Balaban J connectivity index is 0.000000528. The molecule has 0 fully saturated rings. The van der Waals surface area contributed by atoms with Gasteiger partial charge in [0, 0.05) is 30.4 Å². The molecule has 0 spiro atoms. The zero-order valence-corrected chi connectivity index (χ0v) is 33.7. The molecule has 15 nitrogen and oxygen atoms in total. The van der Waals surface area contributed by atoms with Crippen molar-refractivity contribution in [2.75, 3.05) is 86.0 Å². The number of halogens is 1. The molecule has 0 aliphatic heterocycles. The number of phenols is 1. The van der Waals surface area contributed by atoms with Gasteiger partial charge < -0.3 is 39.3 Å². The Morgan fingerprint density at radius 3 is 2.22 bits per heavy atom. The lowest BCUT2D eigenvalue weighted by Gasteiger charge is -2.15. The molecule has 308 valence electrons. The third kappa shape index (κ3) is 12.6. The fourth-order valence-corrected chi connectivity index (χ4v) is 5.93. The highest BCUT2D eigenvalue weighted by atomic mass is 35.5. The quantitative estimate of drug-likeness (QED) is 0.0858. The van der Waals surface area contributed by atoms with E-state index in [0.717, 1.165) is 5.56 Å². The van der Waals surface area contributed by atoms with E-state index >= 15 is 0 Å². The minimum absolute atomic E-state index is 0.0671. The predicted molar refractivity (Wildman–Crippen MR) is 225 cm³/mol. The zero-order chi connectivity index (χ0) is 41.8. The highest BCUT2D eigenvalue weighted by Crippen LogP contribution is 2.32. The molecule has 0 saturated carbocycles. The average molecular weight is 824 g/mol. The van der Waals surface area contributed by atoms with Crippen LogP contribution in [0.25, 0.3) is 33.2 Å². The summed E-state index contributed by atoms with van der Waals surface area (Å²) in [4.78, 5) is 28.0. The molecular weight excluding hydrogens is 778 g/mol. The Bertz CT molecular complexity index is 2460. The van der Waals surface area contributed by atoms with Gasteiger partial charge in [0.1, 0.15) is 49.2 Å². The number of anilines is 1. The molecule has 3 aromatic heterocycles. The van der Waals surface area contributed by atoms with E-state index in [-0.39, 0.29) is 36.8 Å². The van der Waals surface area contributed by atoms with Crippen LogP contribution in [-0.2, 0) is 41.5 Å². The molecule has 3 N–H and O–H groups in total. The first-order valence-electron chi connectivity index (χ1n) is 18.6. The van der Waals surface area contributed by atoms with Crippen molar-refractivity contribution in [2.45, 2.75) is 13.1 Å². The maximum Gasteiger partial charge on any atom is 0.263 e. The number of ether oxygens (including phenoxy) is 6. The minimum Gasteiger partial charge on any atom is -0.508 e. The number of aromatic nitrogens is 6. The fourth-order valence-electron chi connectivity index (χ4n) is 5.73. The summed E-state index contributed by atoms with van der Waals surface area (Å²) in [7, 11) is 3.26. The van der Waals surface area contributed by atoms with Crippen LogP contribution in [0.5, 0.6) is 5.75 Å². The monoisotopic (exact) mass is 823 g/mol. The summed E-state index contributed by atoms with van der Waals surface area (Å²) in [6.45, 7) is 4.92. The molecular formula is C43H46ClN7O8. The summed E-state index contributed by atoms with van der Waals surface area (Å²) in [6, 6.07) is 19.4. The van der Waals surface area contributed by atoms with Crippen molar-refractivity contribution in [1.29, 1.82) is 0 Å². The van der Waals surface area contributed by atoms with E-state index in [2.05, 4.69) is 27.7 Å². The third-order valence-corrected chi connectivity index (χ3v) is 8.88. The number of phenolic OH excluding ortho intramolecular Hbond substituents is 1. The van der Waals surface area contributed by atoms with Gasteiger partial charge in [-0.1, -0.05) is 65.8 Å². The molecule has 0 radical (unpaired) electrons. The smallest absolute Gasteiger partial charge is 0.263 e. The van der Waals surface area contributed by atoms with E-state index < -0.39 is 0 Å². The minimum atomic E-state index is -0.286. The van der Waals surface area contributed by atoms with Crippen LogP contribution in [0.3, 0.4) is 0 Å². The maximum absolute atomic E-state index is 14.4. The number of methoxy groups -OCH3 is 2. The van der Waals surface area contributed by atoms with Gasteiger partial charge in [0.25, 0.3) is 5.56 Å². The van der Waals surface area contributed by atoms with E-state index in [1.807, 2.05) is 30.3 Å². The Kier molecular flexibility index (Phi) is 17.6. The number of nitrogen functional groups attached to an aromatic ring is 1. The second-order valence-corrected chi connectivity index (χ2v) is 13.0. The highest BCUT2D eigenvalue weighted by Gasteiger charge is 2.21. The molecule has 0 aliphatic carbocycles. The van der Waals surface area contributed by atoms with E-state index in [4.69, 9.17) is 62.3 Å². The predicted octanol–water partition coefficient (Wildman–Crippen LogP) is 4.57. The van der Waals surface area contributed by atoms with Gasteiger partial charge in [-0.05, 0) is 35.9 Å². The van der Waals surface area contributed by atoms with Gasteiger partial charge in [0.15, 0.2) is 5.65 Å². The molecule has 0 unspecified atom stereocenters. The number of terminal acetylenes is 1. The number of benzene rings is 3. The number of hydrogen-bond donors (Lipinski definition) is 2. The summed E-state index contributed by atoms with van der Waals surface area (Å²) < 4.78 is 34.0. The van der Waals surface area contributed by atoms with Crippen LogP contribution in [0, 0.1) is 24.2 Å². The van der Waals surface area contributed by atoms with Crippen molar-refractivity contribution in [3.05, 3.63) is 105 Å². The van der Waals surface area contributed by atoms with Crippen LogP contribution in [0.1, 0.15) is 17.0 Å². The summed E-state index contributed by atoms with van der Waals surface area (Å²) in [6.07, 6.45) is 6.31. The number of rotatable bonds is 19. The molecule has 0 atom stereocenters. The summed E-state index contributed by atoms with van der Waals surface area (Å²) in [5.41, 5.74) is 9.33. The van der Waals surface area contributed by atoms with Gasteiger partial charge in [-0.3, -0.25) is 9.36 Å². The maximum atomic E-state index is 14.4. The summed E-state index contributed by atoms with van der Waals surface area (Å²) in [5.74, 6) is 9.17. The van der Waals surface area contributed by atoms with Crippen LogP contribution < -0.4 is 11.3 Å². The van der Waals surface area contributed by atoms with E-state index in [9.17, 15) is 9.90 Å². The largest absolute Gasteiger partial charge is 0.508 e. The van der Waals surface area contributed by atoms with Crippen LogP contribution in [0.4, 0.5) is 5.82 Å². The molecule has 3 aromatic carbocycles. The van der Waals surface area contributed by atoms with E-state index in [1.54, 1.807) is 59.9 Å². The lowest BCUT2D eigenvalue weighted by Crippen LogP contribution is -2.28. The van der Waals surface area contributed by atoms with Crippen molar-refractivity contribution in [3.8, 4) is 41.2 Å². The van der Waals surface area contributed by atoms with E-state index in [0.29, 0.717) is 109 Å². The van der Waals surface area contributed by atoms with Gasteiger partial charge in [-0.2, -0.15) is 5.10 Å². The standard InChI is InChI=1S/C35H32ClN7O5.C8H14O3/c1-46-15-16-48-18-17-47-14-6-10-23-8-5-13-28-30(23)35(45)42(20-25-7-2-3-12-27(25)36)29(40-28)21-43-34-31(33(37)38-22-39-34)32(41-43)24-9-4-11-26(44)19-24;1-3-4-10-7-8-11-6-5-9-2/h2-5,7-9,11-13,19,22,44H,14-18,20-21H2,1H3,(H2,37,38,39);1H,4-8H2,2H3. The molecule has 0 saturated heterocycles. The first-order valence-corrected chi connectivity index (χ1v) is 19.0. The number of nitrogens with zero attached hydrogens (tertiary/aromatic N) is 6. The number of hydrogen-bond acceptors (Lipinski definition) is 13. The van der Waals surface area contributed by atoms with Crippen molar-refractivity contribution in [2.24, 2.45) is 0 Å². The zero-order valence-electron chi connectivity index (χ0n) is 32.9. The molecule has 6 rings (SSSR count). The topological polar surface area (TPSA) is 180 Å². The SMILES string of the molecule is C#CCOCCOCCOC.COCCOCCOCC#Cc1cccc2nc(Cn3nc(-c4cccc(O)c4)c4c(N)ncnc43)n(Cc3ccccc3Cl)c(=O)c12. The molecule has 0 aliphatic rings. The Morgan fingerprint density at radius 1 is 0.814 bits per heavy atom. The Morgan fingerprint density at radius 2 is 1.51 bits per heavy atom. The molecule has 3 heterocycles. The van der Waals surface area contributed by atoms with Gasteiger partial charge in [-0.15, -0.1) is 6.42 Å². The molecule has 6 aromatic rings. The van der Waals surface area contributed by atoms with Crippen LogP contribution >= 0.6 is 11.6 Å². The second-order valence-electron chi connectivity index (χ2n) is 12.5. The average Bonchev–Trinajstić information content (AvgIpc) is 3.61. The number of nitrogens with two attached hydrogens (primary N) is 1. The summed E-state index contributed by atoms with van der Waals surface area (Å²) >= 11 is 6.56. The number of fused-ring (bicyclic) bond motifs is 2. The first-order chi connectivity index (χ1) is 28.9. The third-order valence-electron chi connectivity index (χ3n) is 8.51. The molecule has 59 heavy (non-hydrogen) atoms. The van der Waals surface area contributed by atoms with E-state index in [1.165, 1.54) is 6.33 Å². The second kappa shape index (κ2) is 23.5. The van der Waals surface area contributed by atoms with Crippen molar-refractivity contribution < 1.29 is 33.5 Å².